The van der Waals surface area contributed by atoms with E-state index in [-0.39, 0.29) is 17.3 Å². The lowest BCUT2D eigenvalue weighted by Crippen LogP contribution is -2.12. The van der Waals surface area contributed by atoms with Crippen LogP contribution in [0.5, 0.6) is 0 Å². The van der Waals surface area contributed by atoms with Crippen molar-refractivity contribution < 1.29 is 15.1 Å². The largest absolute Gasteiger partial charge is 0.412 e. The molecule has 6 aromatic rings. The van der Waals surface area contributed by atoms with Crippen molar-refractivity contribution in [2.75, 3.05) is 10.6 Å². The Balaban J connectivity index is 0.000000192. The lowest BCUT2D eigenvalue weighted by Gasteiger charge is -2.07. The maximum atomic E-state index is 12.1. The number of benzene rings is 2. The van der Waals surface area contributed by atoms with Crippen LogP contribution in [0.25, 0.3) is 22.1 Å². The van der Waals surface area contributed by atoms with Gasteiger partial charge in [-0.15, -0.1) is 0 Å². The average molecular weight is 573 g/mol. The molecule has 2 aromatic carbocycles. The first-order chi connectivity index (χ1) is 20.3. The van der Waals surface area contributed by atoms with Gasteiger partial charge in [-0.3, -0.25) is 9.59 Å². The molecule has 2 amide bonds. The predicted octanol–water partition coefficient (Wildman–Crippen LogP) is 6.17. The molecule has 0 unspecified atom stereocenters. The molecule has 4 N–H and O–H groups in total. The zero-order valence-corrected chi connectivity index (χ0v) is 24.3. The van der Waals surface area contributed by atoms with E-state index in [2.05, 4.69) is 30.6 Å². The normalized spacial score (nSPS) is 10.3. The van der Waals surface area contributed by atoms with Gasteiger partial charge in [0.2, 0.25) is 0 Å². The molecule has 0 aliphatic heterocycles. The number of hydrogen-bond acceptors (Lipinski definition) is 6. The van der Waals surface area contributed by atoms with Gasteiger partial charge in [0.1, 0.15) is 11.6 Å². The summed E-state index contributed by atoms with van der Waals surface area (Å²) in [5, 5.41) is 7.60. The van der Waals surface area contributed by atoms with Crippen molar-refractivity contribution in [2.24, 2.45) is 0 Å². The van der Waals surface area contributed by atoms with Crippen LogP contribution in [-0.2, 0) is 0 Å². The van der Waals surface area contributed by atoms with Crippen LogP contribution in [-0.4, -0.2) is 37.2 Å². The standard InChI is InChI=1S/2C17H15N3O.H2O/c2*1-11-10-12(2)18-16-14(11)8-9-15(19-16)20-17(21)13-6-4-3-5-7-13;/h2*3-10H,1-2H3,(H,18,19,20,21);1H2. The summed E-state index contributed by atoms with van der Waals surface area (Å²) in [5.74, 6) is 0.668. The number of nitrogens with zero attached hydrogens (tertiary/aromatic N) is 4. The Morgan fingerprint density at radius 1 is 0.512 bits per heavy atom. The second kappa shape index (κ2) is 13.4. The van der Waals surface area contributed by atoms with E-state index in [9.17, 15) is 9.59 Å². The maximum absolute atomic E-state index is 12.1. The summed E-state index contributed by atoms with van der Waals surface area (Å²) in [6, 6.07) is 29.6. The summed E-state index contributed by atoms with van der Waals surface area (Å²) >= 11 is 0. The van der Waals surface area contributed by atoms with Gasteiger partial charge in [0.05, 0.1) is 0 Å². The molecule has 9 nitrogen and oxygen atoms in total. The summed E-state index contributed by atoms with van der Waals surface area (Å²) in [7, 11) is 0. The van der Waals surface area contributed by atoms with Gasteiger partial charge in [-0.2, -0.15) is 0 Å². The minimum Gasteiger partial charge on any atom is -0.412 e. The van der Waals surface area contributed by atoms with Crippen molar-refractivity contribution >= 4 is 45.5 Å². The molecule has 0 saturated carbocycles. The highest BCUT2D eigenvalue weighted by molar-refractivity contribution is 6.04. The van der Waals surface area contributed by atoms with Crippen molar-refractivity contribution in [1.29, 1.82) is 0 Å². The Labute approximate surface area is 249 Å². The highest BCUT2D eigenvalue weighted by Crippen LogP contribution is 2.20. The fraction of sp³-hybridized carbons (Fsp3) is 0.118. The summed E-state index contributed by atoms with van der Waals surface area (Å²) in [4.78, 5) is 41.9. The Hall–Kier alpha value is -5.54. The fourth-order valence-corrected chi connectivity index (χ4v) is 4.56. The smallest absolute Gasteiger partial charge is 0.256 e. The third-order valence-electron chi connectivity index (χ3n) is 6.57. The second-order valence-electron chi connectivity index (χ2n) is 9.94. The molecule has 0 atom stereocenters. The van der Waals surface area contributed by atoms with Crippen molar-refractivity contribution in [3.63, 3.8) is 0 Å². The SMILES string of the molecule is Cc1cc(C)c2ccc(NC(=O)c3ccccc3)nc2n1.Cc1cc(C)c2ccc(NC(=O)c3ccccc3)nc2n1.O. The molecule has 9 heteroatoms. The predicted molar refractivity (Wildman–Crippen MR) is 170 cm³/mol. The van der Waals surface area contributed by atoms with Gasteiger partial charge < -0.3 is 16.1 Å². The van der Waals surface area contributed by atoms with Crippen molar-refractivity contribution in [3.05, 3.63) is 131 Å². The molecule has 0 aliphatic rings. The number of amides is 2. The molecular weight excluding hydrogens is 540 g/mol. The third kappa shape index (κ3) is 7.41. The zero-order valence-electron chi connectivity index (χ0n) is 24.3. The van der Waals surface area contributed by atoms with Crippen LogP contribution in [0.15, 0.2) is 97.1 Å². The number of aryl methyl sites for hydroxylation is 4. The van der Waals surface area contributed by atoms with E-state index in [4.69, 9.17) is 0 Å². The number of hydrogen-bond donors (Lipinski definition) is 2. The van der Waals surface area contributed by atoms with Crippen LogP contribution < -0.4 is 10.6 Å². The summed E-state index contributed by atoms with van der Waals surface area (Å²) in [5.41, 5.74) is 6.60. The number of rotatable bonds is 4. The highest BCUT2D eigenvalue weighted by Gasteiger charge is 2.10. The Bertz CT molecular complexity index is 1770. The van der Waals surface area contributed by atoms with Crippen LogP contribution in [0.4, 0.5) is 11.6 Å². The van der Waals surface area contributed by atoms with Crippen molar-refractivity contribution in [3.8, 4) is 0 Å². The topological polar surface area (TPSA) is 141 Å². The summed E-state index contributed by atoms with van der Waals surface area (Å²) < 4.78 is 0. The molecule has 4 aromatic heterocycles. The number of pyridine rings is 4. The van der Waals surface area contributed by atoms with E-state index >= 15 is 0 Å². The van der Waals surface area contributed by atoms with Crippen LogP contribution in [0.3, 0.4) is 0 Å². The summed E-state index contributed by atoms with van der Waals surface area (Å²) in [6.45, 7) is 7.93. The molecule has 0 fully saturated rings. The van der Waals surface area contributed by atoms with Gasteiger partial charge in [-0.25, -0.2) is 19.9 Å². The second-order valence-corrected chi connectivity index (χ2v) is 9.94. The number of fused-ring (bicyclic) bond motifs is 2. The minimum atomic E-state index is -0.174. The first kappa shape index (κ1) is 30.4. The van der Waals surface area contributed by atoms with E-state index < -0.39 is 0 Å². The van der Waals surface area contributed by atoms with Gasteiger partial charge in [0.15, 0.2) is 11.3 Å². The Morgan fingerprint density at radius 2 is 0.884 bits per heavy atom. The van der Waals surface area contributed by atoms with Gasteiger partial charge in [-0.1, -0.05) is 36.4 Å². The lowest BCUT2D eigenvalue weighted by atomic mass is 10.1. The van der Waals surface area contributed by atoms with Gasteiger partial charge >= 0.3 is 0 Å². The number of anilines is 2. The Morgan fingerprint density at radius 3 is 1.26 bits per heavy atom. The lowest BCUT2D eigenvalue weighted by molar-refractivity contribution is 0.101. The van der Waals surface area contributed by atoms with E-state index in [0.717, 1.165) is 33.3 Å². The number of nitrogens with one attached hydrogen (secondary N) is 2. The molecule has 4 heterocycles. The first-order valence-electron chi connectivity index (χ1n) is 13.5. The van der Waals surface area contributed by atoms with Crippen LogP contribution in [0, 0.1) is 27.7 Å². The van der Waals surface area contributed by atoms with Crippen LogP contribution in [0.2, 0.25) is 0 Å². The molecule has 0 saturated heterocycles. The van der Waals surface area contributed by atoms with E-state index in [0.29, 0.717) is 34.1 Å². The zero-order chi connectivity index (χ0) is 29.6. The average Bonchev–Trinajstić information content (AvgIpc) is 2.98. The Kier molecular flexibility index (Phi) is 9.49. The van der Waals surface area contributed by atoms with Crippen LogP contribution >= 0.6 is 0 Å². The molecule has 0 bridgehead atoms. The first-order valence-corrected chi connectivity index (χ1v) is 13.5. The van der Waals surface area contributed by atoms with E-state index in [1.165, 1.54) is 0 Å². The molecule has 0 radical (unpaired) electrons. The van der Waals surface area contributed by atoms with Crippen LogP contribution in [0.1, 0.15) is 43.2 Å². The monoisotopic (exact) mass is 572 g/mol. The van der Waals surface area contributed by atoms with Crippen molar-refractivity contribution in [2.45, 2.75) is 27.7 Å². The molecule has 216 valence electrons. The molecule has 0 aliphatic carbocycles. The van der Waals surface area contributed by atoms with Crippen molar-refractivity contribution in [1.82, 2.24) is 19.9 Å². The van der Waals surface area contributed by atoms with Gasteiger partial charge in [-0.05, 0) is 99.5 Å². The number of carbonyl (C=O) groups is 2. The molecular formula is C34H32N6O3. The quantitative estimate of drug-likeness (QED) is 0.259. The number of aromatic nitrogens is 4. The minimum absolute atomic E-state index is 0. The molecule has 6 rings (SSSR count). The van der Waals surface area contributed by atoms with Gasteiger partial charge in [0, 0.05) is 33.3 Å². The number of carbonyl (C=O) groups excluding carboxylic acids is 2. The van der Waals surface area contributed by atoms with E-state index in [1.807, 2.05) is 88.4 Å². The highest BCUT2D eigenvalue weighted by atomic mass is 16.2. The van der Waals surface area contributed by atoms with Gasteiger partial charge in [0.25, 0.3) is 11.8 Å². The van der Waals surface area contributed by atoms with E-state index in [1.54, 1.807) is 36.4 Å². The summed E-state index contributed by atoms with van der Waals surface area (Å²) in [6.07, 6.45) is 0. The molecule has 43 heavy (non-hydrogen) atoms. The maximum Gasteiger partial charge on any atom is 0.256 e. The fourth-order valence-electron chi connectivity index (χ4n) is 4.56. The molecule has 0 spiro atoms. The third-order valence-corrected chi connectivity index (χ3v) is 6.57.